The number of sulfonamides is 1. The molecule has 0 spiro atoms. The van der Waals surface area contributed by atoms with Crippen molar-refractivity contribution in [3.8, 4) is 0 Å². The maximum atomic E-state index is 12.9. The molecule has 1 fully saturated rings. The van der Waals surface area contributed by atoms with E-state index in [1.54, 1.807) is 16.4 Å². The molecule has 2 atom stereocenters. The van der Waals surface area contributed by atoms with Crippen LogP contribution in [0.3, 0.4) is 0 Å². The van der Waals surface area contributed by atoms with Crippen LogP contribution in [0.5, 0.6) is 0 Å². The lowest BCUT2D eigenvalue weighted by molar-refractivity contribution is 0.101. The Morgan fingerprint density at radius 2 is 1.64 bits per heavy atom. The second-order valence-corrected chi connectivity index (χ2v) is 7.81. The van der Waals surface area contributed by atoms with Gasteiger partial charge in [0.05, 0.1) is 4.90 Å². The number of nitrogens with zero attached hydrogens (tertiary/aromatic N) is 2. The van der Waals surface area contributed by atoms with E-state index in [0.717, 1.165) is 19.6 Å². The minimum atomic E-state index is -3.54. The topological polar surface area (TPSA) is 57.7 Å². The summed E-state index contributed by atoms with van der Waals surface area (Å²) >= 11 is 0. The van der Waals surface area contributed by atoms with Gasteiger partial charge in [0.1, 0.15) is 0 Å². The quantitative estimate of drug-likeness (QED) is 0.795. The number of likely N-dealkylation sites (N-methyl/N-ethyl adjacent to an activating group) is 1. The first-order valence-corrected chi connectivity index (χ1v) is 9.08. The van der Waals surface area contributed by atoms with E-state index in [-0.39, 0.29) is 22.8 Å². The smallest absolute Gasteiger partial charge is 0.243 e. The van der Waals surface area contributed by atoms with Crippen LogP contribution in [0.2, 0.25) is 0 Å². The van der Waals surface area contributed by atoms with Gasteiger partial charge in [0.25, 0.3) is 0 Å². The highest BCUT2D eigenvalue weighted by Crippen LogP contribution is 2.25. The molecule has 22 heavy (non-hydrogen) atoms. The van der Waals surface area contributed by atoms with Crippen molar-refractivity contribution in [2.75, 3.05) is 19.6 Å². The third-order valence-corrected chi connectivity index (χ3v) is 6.34. The van der Waals surface area contributed by atoms with Crippen molar-refractivity contribution in [3.63, 3.8) is 0 Å². The molecule has 2 rings (SSSR count). The van der Waals surface area contributed by atoms with E-state index in [1.165, 1.54) is 19.1 Å². The summed E-state index contributed by atoms with van der Waals surface area (Å²) in [5.74, 6) is -0.0674. The molecular weight excluding hydrogens is 300 g/mol. The molecule has 1 aliphatic rings. The summed E-state index contributed by atoms with van der Waals surface area (Å²) in [5.41, 5.74) is 0.524. The van der Waals surface area contributed by atoms with Crippen LogP contribution in [-0.2, 0) is 10.0 Å². The molecular formula is C16H24N2O3S. The van der Waals surface area contributed by atoms with E-state index >= 15 is 0 Å². The van der Waals surface area contributed by atoms with Gasteiger partial charge in [0.15, 0.2) is 5.78 Å². The lowest BCUT2D eigenvalue weighted by atomic mass is 10.1. The Labute approximate surface area is 133 Å². The van der Waals surface area contributed by atoms with Crippen LogP contribution in [0.15, 0.2) is 29.2 Å². The van der Waals surface area contributed by atoms with Crippen molar-refractivity contribution in [2.45, 2.75) is 44.7 Å². The molecule has 6 heteroatoms. The van der Waals surface area contributed by atoms with Crippen LogP contribution in [0.25, 0.3) is 0 Å². The van der Waals surface area contributed by atoms with Crippen LogP contribution in [0, 0.1) is 0 Å². The van der Waals surface area contributed by atoms with Crippen molar-refractivity contribution < 1.29 is 13.2 Å². The Morgan fingerprint density at radius 1 is 1.14 bits per heavy atom. The summed E-state index contributed by atoms with van der Waals surface area (Å²) in [6, 6.07) is 6.07. The highest BCUT2D eigenvalue weighted by molar-refractivity contribution is 7.89. The number of hydrogen-bond acceptors (Lipinski definition) is 4. The third kappa shape index (κ3) is 3.24. The van der Waals surface area contributed by atoms with E-state index in [4.69, 9.17) is 0 Å². The van der Waals surface area contributed by atoms with Gasteiger partial charge in [-0.05, 0) is 39.4 Å². The summed E-state index contributed by atoms with van der Waals surface area (Å²) in [5, 5.41) is 0. The second-order valence-electron chi connectivity index (χ2n) is 5.97. The van der Waals surface area contributed by atoms with Gasteiger partial charge in [-0.25, -0.2) is 8.42 Å². The lowest BCUT2D eigenvalue weighted by Gasteiger charge is -2.43. The normalized spacial score (nSPS) is 24.4. The Morgan fingerprint density at radius 3 is 2.05 bits per heavy atom. The maximum absolute atomic E-state index is 12.9. The zero-order valence-corrected chi connectivity index (χ0v) is 14.4. The van der Waals surface area contributed by atoms with E-state index < -0.39 is 10.0 Å². The zero-order chi connectivity index (χ0) is 16.5. The molecule has 0 N–H and O–H groups in total. The summed E-state index contributed by atoms with van der Waals surface area (Å²) < 4.78 is 27.4. The molecule has 0 aliphatic carbocycles. The SMILES string of the molecule is CCN1C[C@@H](C)N(S(=O)(=O)c2ccc(C(C)=O)cc2)[C@H](C)C1. The van der Waals surface area contributed by atoms with Crippen molar-refractivity contribution in [3.05, 3.63) is 29.8 Å². The number of Topliss-reactive ketones (excluding diaryl/α,β-unsaturated/α-hetero) is 1. The first-order valence-electron chi connectivity index (χ1n) is 7.64. The molecule has 5 nitrogen and oxygen atoms in total. The average molecular weight is 324 g/mol. The summed E-state index contributed by atoms with van der Waals surface area (Å²) in [6.45, 7) is 9.86. The molecule has 0 aromatic heterocycles. The number of benzene rings is 1. The van der Waals surface area contributed by atoms with Crippen LogP contribution < -0.4 is 0 Å². The van der Waals surface area contributed by atoms with Crippen LogP contribution in [0.1, 0.15) is 38.1 Å². The number of rotatable bonds is 4. The predicted octanol–water partition coefficient (Wildman–Crippen LogP) is 1.99. The van der Waals surface area contributed by atoms with Crippen LogP contribution in [-0.4, -0.2) is 55.1 Å². The number of ketones is 1. The average Bonchev–Trinajstić information content (AvgIpc) is 2.46. The first kappa shape index (κ1) is 17.1. The number of piperazine rings is 1. The van der Waals surface area contributed by atoms with Gasteiger partial charge < -0.3 is 4.90 Å². The summed E-state index contributed by atoms with van der Waals surface area (Å²) in [4.78, 5) is 13.8. The van der Waals surface area contributed by atoms with Gasteiger partial charge in [-0.3, -0.25) is 4.79 Å². The molecule has 1 heterocycles. The molecule has 0 saturated carbocycles. The van der Waals surface area contributed by atoms with Gasteiger partial charge in [-0.2, -0.15) is 4.31 Å². The fourth-order valence-electron chi connectivity index (χ4n) is 3.13. The summed E-state index contributed by atoms with van der Waals surface area (Å²) in [7, 11) is -3.54. The predicted molar refractivity (Wildman–Crippen MR) is 86.5 cm³/mol. The second kappa shape index (κ2) is 6.48. The first-order chi connectivity index (χ1) is 10.3. The number of carbonyl (C=O) groups is 1. The van der Waals surface area contributed by atoms with Crippen molar-refractivity contribution >= 4 is 15.8 Å². The molecule has 1 saturated heterocycles. The van der Waals surface area contributed by atoms with Crippen molar-refractivity contribution in [1.29, 1.82) is 0 Å². The molecule has 0 unspecified atom stereocenters. The Hall–Kier alpha value is -1.24. The maximum Gasteiger partial charge on any atom is 0.243 e. The molecule has 0 amide bonds. The third-order valence-electron chi connectivity index (χ3n) is 4.20. The minimum Gasteiger partial charge on any atom is -0.300 e. The monoisotopic (exact) mass is 324 g/mol. The highest BCUT2D eigenvalue weighted by Gasteiger charge is 2.37. The largest absolute Gasteiger partial charge is 0.300 e. The van der Waals surface area contributed by atoms with Crippen molar-refractivity contribution in [1.82, 2.24) is 9.21 Å². The lowest BCUT2D eigenvalue weighted by Crippen LogP contribution is -2.58. The standard InChI is InChI=1S/C16H24N2O3S/c1-5-17-10-12(2)18(13(3)11-17)22(20,21)16-8-6-15(7-9-16)14(4)19/h6-9,12-13H,5,10-11H2,1-4H3/t12-,13-/m1/s1. The molecule has 1 aromatic rings. The number of hydrogen-bond donors (Lipinski definition) is 0. The Balaban J connectivity index is 2.31. The van der Waals surface area contributed by atoms with Gasteiger partial charge in [0, 0.05) is 30.7 Å². The molecule has 1 aromatic carbocycles. The van der Waals surface area contributed by atoms with E-state index in [9.17, 15) is 13.2 Å². The van der Waals surface area contributed by atoms with Crippen molar-refractivity contribution in [2.24, 2.45) is 0 Å². The van der Waals surface area contributed by atoms with Gasteiger partial charge in [-0.15, -0.1) is 0 Å². The zero-order valence-electron chi connectivity index (χ0n) is 13.6. The van der Waals surface area contributed by atoms with E-state index in [0.29, 0.717) is 5.56 Å². The van der Waals surface area contributed by atoms with E-state index in [1.807, 2.05) is 13.8 Å². The molecule has 0 radical (unpaired) electrons. The fraction of sp³-hybridized carbons (Fsp3) is 0.562. The fourth-order valence-corrected chi connectivity index (χ4v) is 4.94. The summed E-state index contributed by atoms with van der Waals surface area (Å²) in [6.07, 6.45) is 0. The van der Waals surface area contributed by atoms with Crippen LogP contribution >= 0.6 is 0 Å². The van der Waals surface area contributed by atoms with Gasteiger partial charge >= 0.3 is 0 Å². The Kier molecular flexibility index (Phi) is 5.04. The van der Waals surface area contributed by atoms with Crippen LogP contribution in [0.4, 0.5) is 0 Å². The minimum absolute atomic E-state index is 0.0674. The number of carbonyl (C=O) groups excluding carboxylic acids is 1. The molecule has 122 valence electrons. The molecule has 1 aliphatic heterocycles. The van der Waals surface area contributed by atoms with Gasteiger partial charge in [-0.1, -0.05) is 19.1 Å². The Bertz CT molecular complexity index is 628. The van der Waals surface area contributed by atoms with E-state index in [2.05, 4.69) is 11.8 Å². The molecule has 0 bridgehead atoms. The highest BCUT2D eigenvalue weighted by atomic mass is 32.2. The van der Waals surface area contributed by atoms with Gasteiger partial charge in [0.2, 0.25) is 10.0 Å².